The first kappa shape index (κ1) is 12.8. The number of anilines is 2. The maximum Gasteiger partial charge on any atom is 0.123 e. The van der Waals surface area contributed by atoms with Crippen molar-refractivity contribution in [2.45, 2.75) is 13.0 Å². The number of hydrogen-bond acceptors (Lipinski definition) is 3. The van der Waals surface area contributed by atoms with Gasteiger partial charge < -0.3 is 11.1 Å². The Kier molecular flexibility index (Phi) is 3.81. The van der Waals surface area contributed by atoms with E-state index in [2.05, 4.69) is 26.2 Å². The van der Waals surface area contributed by atoms with Gasteiger partial charge in [0.15, 0.2) is 0 Å². The second-order valence-corrected chi connectivity index (χ2v) is 4.86. The van der Waals surface area contributed by atoms with Crippen molar-refractivity contribution >= 4 is 27.3 Å². The molecule has 0 spiro atoms. The van der Waals surface area contributed by atoms with Crippen LogP contribution < -0.4 is 11.1 Å². The van der Waals surface area contributed by atoms with Crippen LogP contribution >= 0.6 is 15.9 Å². The molecule has 2 aromatic rings. The zero-order valence-electron chi connectivity index (χ0n) is 9.82. The number of aromatic nitrogens is 1. The van der Waals surface area contributed by atoms with Crippen molar-refractivity contribution in [2.75, 3.05) is 11.1 Å². The number of rotatable bonds is 3. The molecular formula is C13H13BrFN3. The van der Waals surface area contributed by atoms with E-state index in [1.165, 1.54) is 12.1 Å². The third-order valence-corrected chi connectivity index (χ3v) is 3.24. The van der Waals surface area contributed by atoms with E-state index in [1.807, 2.05) is 13.0 Å². The van der Waals surface area contributed by atoms with E-state index in [-0.39, 0.29) is 11.9 Å². The fourth-order valence-electron chi connectivity index (χ4n) is 1.68. The van der Waals surface area contributed by atoms with Gasteiger partial charge in [0, 0.05) is 12.2 Å². The number of nitrogen functional groups attached to an aromatic ring is 1. The molecule has 5 heteroatoms. The molecule has 0 fully saturated rings. The number of hydrogen-bond donors (Lipinski definition) is 2. The van der Waals surface area contributed by atoms with Crippen LogP contribution in [0.3, 0.4) is 0 Å². The fraction of sp³-hybridized carbons (Fsp3) is 0.154. The molecule has 0 bridgehead atoms. The zero-order valence-corrected chi connectivity index (χ0v) is 11.4. The monoisotopic (exact) mass is 309 g/mol. The summed E-state index contributed by atoms with van der Waals surface area (Å²) in [6, 6.07) is 6.43. The summed E-state index contributed by atoms with van der Waals surface area (Å²) in [5.74, 6) is -0.247. The van der Waals surface area contributed by atoms with Gasteiger partial charge in [-0.2, -0.15) is 0 Å². The molecule has 0 saturated heterocycles. The summed E-state index contributed by atoms with van der Waals surface area (Å²) in [5, 5.41) is 3.24. The normalized spacial score (nSPS) is 12.2. The largest absolute Gasteiger partial charge is 0.396 e. The van der Waals surface area contributed by atoms with Gasteiger partial charge in [0.05, 0.1) is 22.0 Å². The first-order valence-electron chi connectivity index (χ1n) is 5.49. The number of benzene rings is 1. The molecule has 2 rings (SSSR count). The molecule has 94 valence electrons. The van der Waals surface area contributed by atoms with E-state index in [1.54, 1.807) is 18.5 Å². The molecule has 0 aliphatic carbocycles. The van der Waals surface area contributed by atoms with E-state index in [0.29, 0.717) is 5.69 Å². The van der Waals surface area contributed by atoms with Gasteiger partial charge in [0.1, 0.15) is 5.82 Å². The third kappa shape index (κ3) is 2.79. The highest BCUT2D eigenvalue weighted by Gasteiger charge is 2.10. The molecule has 1 aromatic heterocycles. The summed E-state index contributed by atoms with van der Waals surface area (Å²) in [4.78, 5) is 3.97. The first-order valence-corrected chi connectivity index (χ1v) is 6.28. The number of nitrogens with two attached hydrogens (primary N) is 1. The highest BCUT2D eigenvalue weighted by Crippen LogP contribution is 2.30. The van der Waals surface area contributed by atoms with Crippen LogP contribution in [-0.2, 0) is 0 Å². The van der Waals surface area contributed by atoms with Crippen molar-refractivity contribution in [1.29, 1.82) is 0 Å². The van der Waals surface area contributed by atoms with Gasteiger partial charge in [0.25, 0.3) is 0 Å². The molecule has 1 aromatic carbocycles. The minimum absolute atomic E-state index is 0.0540. The van der Waals surface area contributed by atoms with Crippen molar-refractivity contribution in [3.63, 3.8) is 0 Å². The van der Waals surface area contributed by atoms with Crippen LogP contribution in [0.25, 0.3) is 0 Å². The molecule has 18 heavy (non-hydrogen) atoms. The Morgan fingerprint density at radius 3 is 2.83 bits per heavy atom. The van der Waals surface area contributed by atoms with Crippen LogP contribution in [0.2, 0.25) is 0 Å². The quantitative estimate of drug-likeness (QED) is 0.908. The Hall–Kier alpha value is -1.62. The SMILES string of the molecule is CC(Nc1c(N)cncc1Br)c1cccc(F)c1. The summed E-state index contributed by atoms with van der Waals surface area (Å²) in [7, 11) is 0. The lowest BCUT2D eigenvalue weighted by Crippen LogP contribution is -2.09. The van der Waals surface area contributed by atoms with Gasteiger partial charge in [0.2, 0.25) is 0 Å². The van der Waals surface area contributed by atoms with Crippen LogP contribution in [-0.4, -0.2) is 4.98 Å². The van der Waals surface area contributed by atoms with Crippen molar-refractivity contribution in [2.24, 2.45) is 0 Å². The Bertz CT molecular complexity index is 539. The van der Waals surface area contributed by atoms with Crippen LogP contribution in [0.4, 0.5) is 15.8 Å². The van der Waals surface area contributed by atoms with E-state index < -0.39 is 0 Å². The van der Waals surface area contributed by atoms with Crippen LogP contribution in [0.15, 0.2) is 41.1 Å². The Labute approximate surface area is 113 Å². The van der Waals surface area contributed by atoms with E-state index in [4.69, 9.17) is 5.73 Å². The van der Waals surface area contributed by atoms with E-state index in [9.17, 15) is 4.39 Å². The Morgan fingerprint density at radius 2 is 2.17 bits per heavy atom. The highest BCUT2D eigenvalue weighted by molar-refractivity contribution is 9.10. The van der Waals surface area contributed by atoms with Crippen molar-refractivity contribution in [3.8, 4) is 0 Å². The predicted octanol–water partition coefficient (Wildman–Crippen LogP) is 3.74. The zero-order chi connectivity index (χ0) is 13.1. The second kappa shape index (κ2) is 5.35. The number of nitrogens with zero attached hydrogens (tertiary/aromatic N) is 1. The predicted molar refractivity (Wildman–Crippen MR) is 74.8 cm³/mol. The molecule has 0 radical (unpaired) electrons. The number of pyridine rings is 1. The summed E-state index contributed by atoms with van der Waals surface area (Å²) < 4.78 is 13.9. The molecule has 3 nitrogen and oxygen atoms in total. The van der Waals surface area contributed by atoms with Crippen molar-refractivity contribution in [3.05, 3.63) is 52.5 Å². The van der Waals surface area contributed by atoms with Crippen molar-refractivity contribution in [1.82, 2.24) is 4.98 Å². The average molecular weight is 310 g/mol. The minimum atomic E-state index is -0.247. The van der Waals surface area contributed by atoms with E-state index in [0.717, 1.165) is 15.7 Å². The van der Waals surface area contributed by atoms with Gasteiger partial charge >= 0.3 is 0 Å². The van der Waals surface area contributed by atoms with Crippen LogP contribution in [0.1, 0.15) is 18.5 Å². The number of halogens is 2. The Morgan fingerprint density at radius 1 is 1.39 bits per heavy atom. The van der Waals surface area contributed by atoms with Crippen molar-refractivity contribution < 1.29 is 4.39 Å². The lowest BCUT2D eigenvalue weighted by Gasteiger charge is -2.18. The van der Waals surface area contributed by atoms with Gasteiger partial charge in [-0.1, -0.05) is 12.1 Å². The third-order valence-electron chi connectivity index (χ3n) is 2.64. The lowest BCUT2D eigenvalue weighted by molar-refractivity contribution is 0.623. The fourth-order valence-corrected chi connectivity index (χ4v) is 2.14. The lowest BCUT2D eigenvalue weighted by atomic mass is 10.1. The molecule has 1 atom stereocenters. The van der Waals surface area contributed by atoms with Gasteiger partial charge in [-0.15, -0.1) is 0 Å². The highest BCUT2D eigenvalue weighted by atomic mass is 79.9. The standard InChI is InChI=1S/C13H13BrFN3/c1-8(9-3-2-4-10(15)5-9)18-13-11(14)6-17-7-12(13)16/h2-8H,16H2,1H3,(H,17,18). The summed E-state index contributed by atoms with van der Waals surface area (Å²) in [6.07, 6.45) is 3.24. The minimum Gasteiger partial charge on any atom is -0.396 e. The Balaban J connectivity index is 2.24. The van der Waals surface area contributed by atoms with Crippen LogP contribution in [0.5, 0.6) is 0 Å². The molecule has 0 amide bonds. The maximum absolute atomic E-state index is 13.2. The maximum atomic E-state index is 13.2. The summed E-state index contributed by atoms with van der Waals surface area (Å²) >= 11 is 3.38. The topological polar surface area (TPSA) is 50.9 Å². The second-order valence-electron chi connectivity index (χ2n) is 4.01. The molecule has 1 heterocycles. The van der Waals surface area contributed by atoms with Gasteiger partial charge in [-0.25, -0.2) is 4.39 Å². The summed E-state index contributed by atoms with van der Waals surface area (Å²) in [5.41, 5.74) is 8.02. The smallest absolute Gasteiger partial charge is 0.123 e. The molecule has 3 N–H and O–H groups in total. The first-order chi connectivity index (χ1) is 8.58. The number of nitrogens with one attached hydrogen (secondary N) is 1. The molecule has 0 aliphatic rings. The molecule has 1 unspecified atom stereocenters. The average Bonchev–Trinajstić information content (AvgIpc) is 2.34. The van der Waals surface area contributed by atoms with Gasteiger partial charge in [-0.05, 0) is 40.5 Å². The van der Waals surface area contributed by atoms with E-state index >= 15 is 0 Å². The van der Waals surface area contributed by atoms with Gasteiger partial charge in [-0.3, -0.25) is 4.98 Å². The van der Waals surface area contributed by atoms with Crippen LogP contribution in [0, 0.1) is 5.82 Å². The molecule has 0 saturated carbocycles. The molecule has 0 aliphatic heterocycles. The molecular weight excluding hydrogens is 297 g/mol. The summed E-state index contributed by atoms with van der Waals surface area (Å²) in [6.45, 7) is 1.95.